The van der Waals surface area contributed by atoms with Crippen molar-refractivity contribution in [2.24, 2.45) is 16.3 Å². The Hall–Kier alpha value is -1.30. The maximum absolute atomic E-state index is 11.8. The second-order valence-electron chi connectivity index (χ2n) is 7.76. The molecule has 3 N–H and O–H groups in total. The molecule has 1 unspecified atom stereocenters. The zero-order chi connectivity index (χ0) is 18.7. The number of guanidine groups is 1. The van der Waals surface area contributed by atoms with Crippen molar-refractivity contribution in [3.8, 4) is 0 Å². The van der Waals surface area contributed by atoms with Gasteiger partial charge in [0.1, 0.15) is 0 Å². The van der Waals surface area contributed by atoms with Crippen LogP contribution < -0.4 is 16.0 Å². The van der Waals surface area contributed by atoms with Crippen LogP contribution in [0.25, 0.3) is 0 Å². The van der Waals surface area contributed by atoms with Crippen molar-refractivity contribution in [2.75, 3.05) is 33.3 Å². The van der Waals surface area contributed by atoms with Gasteiger partial charge in [-0.25, -0.2) is 0 Å². The number of nitrogens with zero attached hydrogens (tertiary/aromatic N) is 1. The van der Waals surface area contributed by atoms with E-state index >= 15 is 0 Å². The van der Waals surface area contributed by atoms with Crippen LogP contribution in [0.5, 0.6) is 0 Å². The molecule has 25 heavy (non-hydrogen) atoms. The molecule has 0 radical (unpaired) electrons. The number of carbonyl (C=O) groups excluding carboxylic acids is 1. The molecule has 1 amide bonds. The summed E-state index contributed by atoms with van der Waals surface area (Å²) in [6.07, 6.45) is 6.62. The van der Waals surface area contributed by atoms with Crippen LogP contribution in [0.3, 0.4) is 0 Å². The third-order valence-corrected chi connectivity index (χ3v) is 4.64. The molecule has 0 aromatic rings. The van der Waals surface area contributed by atoms with Crippen molar-refractivity contribution in [2.45, 2.75) is 65.9 Å². The lowest BCUT2D eigenvalue weighted by Gasteiger charge is -2.24. The van der Waals surface area contributed by atoms with Gasteiger partial charge in [0.2, 0.25) is 5.91 Å². The van der Waals surface area contributed by atoms with E-state index in [4.69, 9.17) is 4.74 Å². The summed E-state index contributed by atoms with van der Waals surface area (Å²) in [5, 5.41) is 9.51. The number of nitrogens with one attached hydrogen (secondary N) is 3. The van der Waals surface area contributed by atoms with Crippen LogP contribution in [0.4, 0.5) is 0 Å². The predicted molar refractivity (Wildman–Crippen MR) is 104 cm³/mol. The first kappa shape index (κ1) is 21.7. The van der Waals surface area contributed by atoms with Gasteiger partial charge in [0.15, 0.2) is 5.96 Å². The molecule has 0 aliphatic heterocycles. The first-order valence-electron chi connectivity index (χ1n) is 9.73. The minimum Gasteiger partial charge on any atom is -0.378 e. The second kappa shape index (κ2) is 11.3. The molecule has 0 aromatic heterocycles. The molecular formula is C19H38N4O2. The number of rotatable bonds is 9. The number of carbonyl (C=O) groups is 1. The summed E-state index contributed by atoms with van der Waals surface area (Å²) in [4.78, 5) is 16.0. The average Bonchev–Trinajstić information content (AvgIpc) is 3.09. The Bertz CT molecular complexity index is 412. The Labute approximate surface area is 153 Å². The molecule has 1 saturated carbocycles. The Morgan fingerprint density at radius 2 is 1.72 bits per heavy atom. The van der Waals surface area contributed by atoms with Crippen LogP contribution in [0.2, 0.25) is 0 Å². The van der Waals surface area contributed by atoms with Gasteiger partial charge in [-0.3, -0.25) is 9.79 Å². The zero-order valence-electron chi connectivity index (χ0n) is 16.8. The minimum absolute atomic E-state index is 0.0633. The normalized spacial score (nSPS) is 17.4. The topological polar surface area (TPSA) is 74.8 Å². The van der Waals surface area contributed by atoms with E-state index in [1.54, 1.807) is 7.05 Å². The Balaban J connectivity index is 2.23. The molecule has 0 saturated heterocycles. The van der Waals surface area contributed by atoms with E-state index < -0.39 is 0 Å². The molecule has 0 aromatic carbocycles. The standard InChI is InChI=1S/C19H38N4O2/c1-6-25-16(15-9-7-8-10-15)11-12-22-18(20-5)23-14-13-21-17(24)19(2,3)4/h15-16H,6-14H2,1-5H3,(H,21,24)(H2,20,22,23). The van der Waals surface area contributed by atoms with Crippen LogP contribution >= 0.6 is 0 Å². The lowest BCUT2D eigenvalue weighted by atomic mass is 9.96. The SMILES string of the molecule is CCOC(CCNC(=NC)NCCNC(=O)C(C)(C)C)C1CCCC1. The van der Waals surface area contributed by atoms with E-state index in [1.165, 1.54) is 25.7 Å². The smallest absolute Gasteiger partial charge is 0.225 e. The van der Waals surface area contributed by atoms with E-state index in [9.17, 15) is 4.79 Å². The van der Waals surface area contributed by atoms with E-state index in [0.717, 1.165) is 25.5 Å². The van der Waals surface area contributed by atoms with E-state index in [-0.39, 0.29) is 11.3 Å². The summed E-state index contributed by atoms with van der Waals surface area (Å²) < 4.78 is 5.95. The molecule has 1 aliphatic rings. The van der Waals surface area contributed by atoms with Gasteiger partial charge in [-0.1, -0.05) is 33.6 Å². The fourth-order valence-corrected chi connectivity index (χ4v) is 3.17. The number of hydrogen-bond donors (Lipinski definition) is 3. The monoisotopic (exact) mass is 354 g/mol. The molecule has 146 valence electrons. The van der Waals surface area contributed by atoms with Gasteiger partial charge < -0.3 is 20.7 Å². The fourth-order valence-electron chi connectivity index (χ4n) is 3.17. The first-order chi connectivity index (χ1) is 11.9. The second-order valence-corrected chi connectivity index (χ2v) is 7.76. The summed E-state index contributed by atoms with van der Waals surface area (Å²) in [6.45, 7) is 10.7. The Morgan fingerprint density at radius 3 is 2.28 bits per heavy atom. The summed E-state index contributed by atoms with van der Waals surface area (Å²) in [5.74, 6) is 1.55. The molecule has 0 heterocycles. The zero-order valence-corrected chi connectivity index (χ0v) is 16.8. The molecule has 0 spiro atoms. The fraction of sp³-hybridized carbons (Fsp3) is 0.895. The molecule has 6 heteroatoms. The lowest BCUT2D eigenvalue weighted by Crippen LogP contribution is -2.44. The number of ether oxygens (including phenoxy) is 1. The maximum Gasteiger partial charge on any atom is 0.225 e. The lowest BCUT2D eigenvalue weighted by molar-refractivity contribution is -0.128. The summed E-state index contributed by atoms with van der Waals surface area (Å²) >= 11 is 0. The van der Waals surface area contributed by atoms with Crippen molar-refractivity contribution in [1.29, 1.82) is 0 Å². The van der Waals surface area contributed by atoms with Crippen molar-refractivity contribution in [3.63, 3.8) is 0 Å². The molecular weight excluding hydrogens is 316 g/mol. The van der Waals surface area contributed by atoms with Crippen molar-refractivity contribution in [1.82, 2.24) is 16.0 Å². The maximum atomic E-state index is 11.8. The first-order valence-corrected chi connectivity index (χ1v) is 9.73. The quantitative estimate of drug-likeness (QED) is 0.337. The van der Waals surface area contributed by atoms with Crippen LogP contribution in [0.15, 0.2) is 4.99 Å². The molecule has 6 nitrogen and oxygen atoms in total. The molecule has 1 aliphatic carbocycles. The van der Waals surface area contributed by atoms with Gasteiger partial charge in [-0.2, -0.15) is 0 Å². The van der Waals surface area contributed by atoms with Crippen molar-refractivity contribution >= 4 is 11.9 Å². The summed E-state index contributed by atoms with van der Waals surface area (Å²) in [6, 6.07) is 0. The van der Waals surface area contributed by atoms with Gasteiger partial charge in [-0.05, 0) is 32.1 Å². The van der Waals surface area contributed by atoms with Crippen LogP contribution in [0.1, 0.15) is 59.8 Å². The Morgan fingerprint density at radius 1 is 1.12 bits per heavy atom. The summed E-state index contributed by atoms with van der Waals surface area (Å²) in [5.41, 5.74) is -0.353. The Kier molecular flexibility index (Phi) is 9.86. The third-order valence-electron chi connectivity index (χ3n) is 4.64. The van der Waals surface area contributed by atoms with Gasteiger partial charge in [-0.15, -0.1) is 0 Å². The highest BCUT2D eigenvalue weighted by molar-refractivity contribution is 5.81. The van der Waals surface area contributed by atoms with Crippen molar-refractivity contribution in [3.05, 3.63) is 0 Å². The summed E-state index contributed by atoms with van der Waals surface area (Å²) in [7, 11) is 1.76. The van der Waals surface area contributed by atoms with Gasteiger partial charge in [0.25, 0.3) is 0 Å². The largest absolute Gasteiger partial charge is 0.378 e. The number of hydrogen-bond acceptors (Lipinski definition) is 3. The van der Waals surface area contributed by atoms with E-state index in [2.05, 4.69) is 27.9 Å². The van der Waals surface area contributed by atoms with Gasteiger partial charge in [0, 0.05) is 38.7 Å². The van der Waals surface area contributed by atoms with E-state index in [1.807, 2.05) is 20.8 Å². The van der Waals surface area contributed by atoms with Crippen LogP contribution in [-0.4, -0.2) is 51.3 Å². The molecule has 1 rings (SSSR count). The van der Waals surface area contributed by atoms with E-state index in [0.29, 0.717) is 25.1 Å². The minimum atomic E-state index is -0.353. The third kappa shape index (κ3) is 8.56. The molecule has 0 bridgehead atoms. The molecule has 1 fully saturated rings. The predicted octanol–water partition coefficient (Wildman–Crippen LogP) is 2.30. The average molecular weight is 355 g/mol. The van der Waals surface area contributed by atoms with Gasteiger partial charge in [0.05, 0.1) is 6.10 Å². The van der Waals surface area contributed by atoms with Crippen LogP contribution in [0, 0.1) is 11.3 Å². The highest BCUT2D eigenvalue weighted by atomic mass is 16.5. The molecule has 1 atom stereocenters. The highest BCUT2D eigenvalue weighted by Crippen LogP contribution is 2.30. The van der Waals surface area contributed by atoms with Crippen LogP contribution in [-0.2, 0) is 9.53 Å². The number of amides is 1. The van der Waals surface area contributed by atoms with Gasteiger partial charge >= 0.3 is 0 Å². The van der Waals surface area contributed by atoms with Crippen molar-refractivity contribution < 1.29 is 9.53 Å². The number of aliphatic imine (C=N–C) groups is 1. The highest BCUT2D eigenvalue weighted by Gasteiger charge is 2.25.